The fourth-order valence-electron chi connectivity index (χ4n) is 2.12. The summed E-state index contributed by atoms with van der Waals surface area (Å²) in [6, 6.07) is 0. The van der Waals surface area contributed by atoms with Crippen molar-refractivity contribution in [3.8, 4) is 0 Å². The van der Waals surface area contributed by atoms with Crippen LogP contribution in [0, 0.1) is 0 Å². The third kappa shape index (κ3) is 2.56. The molecule has 21 heavy (non-hydrogen) atoms. The molecule has 0 spiro atoms. The summed E-state index contributed by atoms with van der Waals surface area (Å²) >= 11 is 0. The van der Waals surface area contributed by atoms with E-state index < -0.39 is 0 Å². The Morgan fingerprint density at radius 1 is 1.38 bits per heavy atom. The van der Waals surface area contributed by atoms with Crippen molar-refractivity contribution in [2.75, 3.05) is 0 Å². The lowest BCUT2D eigenvalue weighted by Gasteiger charge is -2.01. The summed E-state index contributed by atoms with van der Waals surface area (Å²) in [5.41, 5.74) is 0.395. The second-order valence-corrected chi connectivity index (χ2v) is 4.89. The Bertz CT molecular complexity index is 816. The summed E-state index contributed by atoms with van der Waals surface area (Å²) in [5, 5.41) is 8.42. The van der Waals surface area contributed by atoms with E-state index in [9.17, 15) is 4.79 Å². The summed E-state index contributed by atoms with van der Waals surface area (Å²) < 4.78 is 8.18. The number of aryl methyl sites for hydroxylation is 2. The molecule has 0 saturated carbocycles. The van der Waals surface area contributed by atoms with Crippen molar-refractivity contribution < 1.29 is 4.52 Å². The molecular formula is C13H16N6O2. The highest BCUT2D eigenvalue weighted by atomic mass is 16.5. The molecule has 0 aliphatic heterocycles. The first-order chi connectivity index (χ1) is 10.2. The van der Waals surface area contributed by atoms with Crippen molar-refractivity contribution in [1.82, 2.24) is 29.5 Å². The van der Waals surface area contributed by atoms with Crippen molar-refractivity contribution in [1.29, 1.82) is 0 Å². The zero-order valence-corrected chi connectivity index (χ0v) is 12.0. The lowest BCUT2D eigenvalue weighted by atomic mass is 10.2. The van der Waals surface area contributed by atoms with Crippen LogP contribution in [0.15, 0.2) is 21.8 Å². The molecule has 110 valence electrons. The number of aromatic nitrogens is 6. The van der Waals surface area contributed by atoms with Gasteiger partial charge in [-0.1, -0.05) is 18.5 Å². The van der Waals surface area contributed by atoms with Crippen molar-refractivity contribution in [3.05, 3.63) is 34.6 Å². The van der Waals surface area contributed by atoms with Gasteiger partial charge in [0.05, 0.1) is 6.20 Å². The van der Waals surface area contributed by atoms with Gasteiger partial charge in [0.2, 0.25) is 5.89 Å². The van der Waals surface area contributed by atoms with Crippen LogP contribution in [0.5, 0.6) is 0 Å². The molecule has 0 aromatic carbocycles. The highest BCUT2D eigenvalue weighted by Crippen LogP contribution is 2.06. The minimum Gasteiger partial charge on any atom is -0.337 e. The van der Waals surface area contributed by atoms with Crippen molar-refractivity contribution in [2.45, 2.75) is 32.7 Å². The third-order valence-electron chi connectivity index (χ3n) is 3.29. The van der Waals surface area contributed by atoms with E-state index in [0.29, 0.717) is 22.7 Å². The van der Waals surface area contributed by atoms with E-state index in [2.05, 4.69) is 27.1 Å². The fraction of sp³-hybridized carbons (Fsp3) is 0.462. The largest absolute Gasteiger partial charge is 0.337 e. The van der Waals surface area contributed by atoms with Crippen LogP contribution in [0.3, 0.4) is 0 Å². The standard InChI is InChI=1S/C13H16N6O2/c1-3-4-5-10-16-11(21-17-10)7-19-8-14-12-9(13(19)20)6-15-18(12)2/h6,8H,3-5,7H2,1-2H3. The van der Waals surface area contributed by atoms with Crippen LogP contribution < -0.4 is 5.56 Å². The van der Waals surface area contributed by atoms with E-state index in [1.165, 1.54) is 17.1 Å². The summed E-state index contributed by atoms with van der Waals surface area (Å²) in [5.74, 6) is 1.09. The minimum atomic E-state index is -0.165. The number of hydrogen-bond donors (Lipinski definition) is 0. The van der Waals surface area contributed by atoms with Gasteiger partial charge in [0, 0.05) is 13.5 Å². The lowest BCUT2D eigenvalue weighted by molar-refractivity contribution is 0.364. The number of unbranched alkanes of at least 4 members (excludes halogenated alkanes) is 1. The first-order valence-corrected chi connectivity index (χ1v) is 6.87. The van der Waals surface area contributed by atoms with E-state index in [-0.39, 0.29) is 12.1 Å². The number of rotatable bonds is 5. The predicted molar refractivity (Wildman–Crippen MR) is 74.8 cm³/mol. The molecule has 0 aliphatic carbocycles. The van der Waals surface area contributed by atoms with E-state index in [1.54, 1.807) is 11.7 Å². The van der Waals surface area contributed by atoms with Gasteiger partial charge in [0.25, 0.3) is 5.56 Å². The first-order valence-electron chi connectivity index (χ1n) is 6.87. The van der Waals surface area contributed by atoms with E-state index in [4.69, 9.17) is 4.52 Å². The summed E-state index contributed by atoms with van der Waals surface area (Å²) in [6.45, 7) is 2.32. The summed E-state index contributed by atoms with van der Waals surface area (Å²) in [6.07, 6.45) is 5.87. The maximum atomic E-state index is 12.3. The molecule has 3 heterocycles. The van der Waals surface area contributed by atoms with Crippen LogP contribution in [0.25, 0.3) is 11.0 Å². The molecule has 3 aromatic heterocycles. The second kappa shape index (κ2) is 5.47. The highest BCUT2D eigenvalue weighted by molar-refractivity contribution is 5.72. The molecule has 8 heteroatoms. The van der Waals surface area contributed by atoms with Crippen molar-refractivity contribution in [2.24, 2.45) is 7.05 Å². The van der Waals surface area contributed by atoms with Gasteiger partial charge in [0.15, 0.2) is 11.5 Å². The van der Waals surface area contributed by atoms with Gasteiger partial charge in [-0.15, -0.1) is 0 Å². The lowest BCUT2D eigenvalue weighted by Crippen LogP contribution is -2.21. The van der Waals surface area contributed by atoms with Gasteiger partial charge >= 0.3 is 0 Å². The number of fused-ring (bicyclic) bond motifs is 1. The topological polar surface area (TPSA) is 91.6 Å². The normalized spacial score (nSPS) is 11.3. The quantitative estimate of drug-likeness (QED) is 0.692. The maximum Gasteiger partial charge on any atom is 0.264 e. The second-order valence-electron chi connectivity index (χ2n) is 4.89. The Labute approximate surface area is 120 Å². The Morgan fingerprint density at radius 3 is 3.05 bits per heavy atom. The molecule has 0 N–H and O–H groups in total. The molecule has 0 fully saturated rings. The Morgan fingerprint density at radius 2 is 2.24 bits per heavy atom. The summed E-state index contributed by atoms with van der Waals surface area (Å²) in [7, 11) is 1.75. The molecule has 0 saturated heterocycles. The maximum absolute atomic E-state index is 12.3. The molecule has 0 aliphatic rings. The molecule has 0 unspecified atom stereocenters. The summed E-state index contributed by atoms with van der Waals surface area (Å²) in [4.78, 5) is 20.8. The predicted octanol–water partition coefficient (Wildman–Crippen LogP) is 0.904. The van der Waals surface area contributed by atoms with Gasteiger partial charge < -0.3 is 4.52 Å². The third-order valence-corrected chi connectivity index (χ3v) is 3.29. The van der Waals surface area contributed by atoms with Crippen LogP contribution in [0.1, 0.15) is 31.5 Å². The van der Waals surface area contributed by atoms with Crippen molar-refractivity contribution >= 4 is 11.0 Å². The van der Waals surface area contributed by atoms with Crippen LogP contribution in [0.4, 0.5) is 0 Å². The van der Waals surface area contributed by atoms with Gasteiger partial charge in [-0.25, -0.2) is 4.98 Å². The average Bonchev–Trinajstić information content (AvgIpc) is 3.07. The van der Waals surface area contributed by atoms with Gasteiger partial charge in [-0.05, 0) is 6.42 Å². The Balaban J connectivity index is 1.86. The van der Waals surface area contributed by atoms with Crippen LogP contribution >= 0.6 is 0 Å². The van der Waals surface area contributed by atoms with Gasteiger partial charge in [-0.3, -0.25) is 14.0 Å². The van der Waals surface area contributed by atoms with Crippen LogP contribution in [0.2, 0.25) is 0 Å². The average molecular weight is 288 g/mol. The van der Waals surface area contributed by atoms with Gasteiger partial charge in [0.1, 0.15) is 18.3 Å². The highest BCUT2D eigenvalue weighted by Gasteiger charge is 2.11. The fourth-order valence-corrected chi connectivity index (χ4v) is 2.12. The SMILES string of the molecule is CCCCc1noc(Cn2cnc3c(cnn3C)c2=O)n1. The monoisotopic (exact) mass is 288 g/mol. The Hall–Kier alpha value is -2.51. The molecule has 0 atom stereocenters. The van der Waals surface area contributed by atoms with E-state index >= 15 is 0 Å². The zero-order chi connectivity index (χ0) is 14.8. The first kappa shape index (κ1) is 13.5. The Kier molecular flexibility index (Phi) is 3.51. The molecule has 0 amide bonds. The number of nitrogens with zero attached hydrogens (tertiary/aromatic N) is 6. The van der Waals surface area contributed by atoms with Crippen LogP contribution in [-0.4, -0.2) is 29.5 Å². The van der Waals surface area contributed by atoms with Crippen molar-refractivity contribution in [3.63, 3.8) is 0 Å². The van der Waals surface area contributed by atoms with E-state index in [1.807, 2.05) is 0 Å². The van der Waals surface area contributed by atoms with Gasteiger partial charge in [-0.2, -0.15) is 10.1 Å². The molecule has 0 radical (unpaired) electrons. The smallest absolute Gasteiger partial charge is 0.264 e. The molecule has 8 nitrogen and oxygen atoms in total. The van der Waals surface area contributed by atoms with Crippen LogP contribution in [-0.2, 0) is 20.0 Å². The molecule has 3 rings (SSSR count). The molecule has 3 aromatic rings. The molecule has 0 bridgehead atoms. The number of hydrogen-bond acceptors (Lipinski definition) is 6. The molecular weight excluding hydrogens is 272 g/mol. The van der Waals surface area contributed by atoms with E-state index in [0.717, 1.165) is 19.3 Å². The zero-order valence-electron chi connectivity index (χ0n) is 12.0. The minimum absolute atomic E-state index is 0.165.